The third-order valence-electron chi connectivity index (χ3n) is 0.846. The molecule has 1 heterocycles. The molecule has 1 aliphatic heterocycles. The van der Waals surface area contributed by atoms with Gasteiger partial charge < -0.3 is 22.5 Å². The van der Waals surface area contributed by atoms with Crippen molar-refractivity contribution < 1.29 is 34.2 Å². The third kappa shape index (κ3) is 4.88. The topological polar surface area (TPSA) is 21.3 Å². The zero-order chi connectivity index (χ0) is 4.24. The Kier molecular flexibility index (Phi) is 11.1. The van der Waals surface area contributed by atoms with Crippen LogP contribution in [0.15, 0.2) is 0 Å². The SMILES string of the molecule is C1COCCN1.[Cl-].[Fe+3]. The van der Waals surface area contributed by atoms with Gasteiger partial charge in [0.25, 0.3) is 0 Å². The minimum atomic E-state index is 0. The standard InChI is InChI=1S/C4H9NO.ClH.Fe/c1-3-6-4-2-5-1;;/h5H,1-4H2;1H;/q;;+3/p-1. The van der Waals surface area contributed by atoms with Crippen molar-refractivity contribution in [3.63, 3.8) is 0 Å². The first-order chi connectivity index (χ1) is 3.00. The van der Waals surface area contributed by atoms with Gasteiger partial charge in [-0.25, -0.2) is 0 Å². The van der Waals surface area contributed by atoms with Crippen molar-refractivity contribution in [2.45, 2.75) is 0 Å². The monoisotopic (exact) mass is 178 g/mol. The molecule has 0 aromatic carbocycles. The van der Waals surface area contributed by atoms with Gasteiger partial charge in [-0.1, -0.05) is 0 Å². The van der Waals surface area contributed by atoms with E-state index < -0.39 is 0 Å². The van der Waals surface area contributed by atoms with Crippen molar-refractivity contribution in [2.24, 2.45) is 0 Å². The van der Waals surface area contributed by atoms with Gasteiger partial charge in [0.15, 0.2) is 0 Å². The summed E-state index contributed by atoms with van der Waals surface area (Å²) < 4.78 is 5.01. The molecule has 1 N–H and O–H groups in total. The molecule has 1 fully saturated rings. The molecule has 1 radical (unpaired) electrons. The Balaban J connectivity index is 0. The summed E-state index contributed by atoms with van der Waals surface area (Å²) in [4.78, 5) is 0. The van der Waals surface area contributed by atoms with Gasteiger partial charge in [-0.3, -0.25) is 0 Å². The molecule has 1 aliphatic rings. The van der Waals surface area contributed by atoms with Crippen LogP contribution in [0, 0.1) is 0 Å². The van der Waals surface area contributed by atoms with E-state index in [4.69, 9.17) is 4.74 Å². The Morgan fingerprint density at radius 1 is 1.12 bits per heavy atom. The minimum Gasteiger partial charge on any atom is -1.00 e. The molecule has 1 saturated heterocycles. The normalized spacial score (nSPS) is 18.0. The van der Waals surface area contributed by atoms with Crippen molar-refractivity contribution in [1.29, 1.82) is 0 Å². The van der Waals surface area contributed by atoms with Crippen molar-refractivity contribution in [1.82, 2.24) is 5.32 Å². The summed E-state index contributed by atoms with van der Waals surface area (Å²) in [7, 11) is 0. The first-order valence-corrected chi connectivity index (χ1v) is 2.28. The zero-order valence-electron chi connectivity index (χ0n) is 4.47. The van der Waals surface area contributed by atoms with E-state index in [9.17, 15) is 0 Å². The second-order valence-electron chi connectivity index (χ2n) is 1.36. The van der Waals surface area contributed by atoms with Gasteiger partial charge in [-0.15, -0.1) is 0 Å². The fraction of sp³-hybridized carbons (Fsp3) is 1.00. The Morgan fingerprint density at radius 3 is 1.75 bits per heavy atom. The fourth-order valence-corrected chi connectivity index (χ4v) is 0.516. The minimum absolute atomic E-state index is 0. The van der Waals surface area contributed by atoms with Gasteiger partial charge in [0.05, 0.1) is 13.2 Å². The molecular weight excluding hydrogens is 169 g/mol. The van der Waals surface area contributed by atoms with E-state index in [1.165, 1.54) is 0 Å². The van der Waals surface area contributed by atoms with Crippen LogP contribution in [0.1, 0.15) is 0 Å². The molecule has 8 heavy (non-hydrogen) atoms. The Hall–Kier alpha value is 0.729. The third-order valence-corrected chi connectivity index (χ3v) is 0.846. The number of nitrogens with one attached hydrogen (secondary N) is 1. The maximum Gasteiger partial charge on any atom is 3.00 e. The van der Waals surface area contributed by atoms with Crippen LogP contribution < -0.4 is 17.7 Å². The summed E-state index contributed by atoms with van der Waals surface area (Å²) in [5, 5.41) is 3.16. The maximum atomic E-state index is 5.01. The summed E-state index contributed by atoms with van der Waals surface area (Å²) in [6.07, 6.45) is 0. The summed E-state index contributed by atoms with van der Waals surface area (Å²) in [5.41, 5.74) is 0. The molecule has 0 aromatic heterocycles. The zero-order valence-corrected chi connectivity index (χ0v) is 6.33. The van der Waals surface area contributed by atoms with Crippen molar-refractivity contribution in [2.75, 3.05) is 26.3 Å². The number of halogens is 1. The average Bonchev–Trinajstić information content (AvgIpc) is 1.72. The average molecular weight is 178 g/mol. The van der Waals surface area contributed by atoms with Gasteiger partial charge in [-0.2, -0.15) is 0 Å². The quantitative estimate of drug-likeness (QED) is 0.391. The summed E-state index contributed by atoms with van der Waals surface area (Å²) in [5.74, 6) is 0. The van der Waals surface area contributed by atoms with E-state index >= 15 is 0 Å². The first-order valence-electron chi connectivity index (χ1n) is 2.28. The van der Waals surface area contributed by atoms with Gasteiger partial charge >= 0.3 is 17.1 Å². The number of morpholine rings is 1. The molecule has 0 amide bonds. The number of hydrogen-bond donors (Lipinski definition) is 1. The van der Waals surface area contributed by atoms with Crippen LogP contribution in [0.3, 0.4) is 0 Å². The van der Waals surface area contributed by atoms with E-state index in [0.29, 0.717) is 0 Å². The van der Waals surface area contributed by atoms with Crippen LogP contribution in [-0.4, -0.2) is 26.3 Å². The van der Waals surface area contributed by atoms with E-state index in [-0.39, 0.29) is 29.5 Å². The molecule has 0 aromatic rings. The molecule has 49 valence electrons. The molecule has 0 spiro atoms. The van der Waals surface area contributed by atoms with Crippen LogP contribution in [-0.2, 0) is 21.8 Å². The largest absolute Gasteiger partial charge is 3.00 e. The molecule has 2 nitrogen and oxygen atoms in total. The van der Waals surface area contributed by atoms with Crippen LogP contribution in [0.2, 0.25) is 0 Å². The van der Waals surface area contributed by atoms with Crippen molar-refractivity contribution >= 4 is 0 Å². The summed E-state index contributed by atoms with van der Waals surface area (Å²) in [6, 6.07) is 0. The van der Waals surface area contributed by atoms with Crippen molar-refractivity contribution in [3.05, 3.63) is 0 Å². The molecule has 0 unspecified atom stereocenters. The molecule has 0 bridgehead atoms. The van der Waals surface area contributed by atoms with E-state index in [0.717, 1.165) is 26.3 Å². The van der Waals surface area contributed by atoms with Gasteiger partial charge in [0.2, 0.25) is 0 Å². The van der Waals surface area contributed by atoms with Crippen LogP contribution in [0.5, 0.6) is 0 Å². The number of ether oxygens (including phenoxy) is 1. The fourth-order valence-electron chi connectivity index (χ4n) is 0.516. The molecule has 0 atom stereocenters. The van der Waals surface area contributed by atoms with E-state index in [2.05, 4.69) is 5.32 Å². The molecule has 0 saturated carbocycles. The second kappa shape index (κ2) is 7.73. The van der Waals surface area contributed by atoms with E-state index in [1.807, 2.05) is 0 Å². The maximum absolute atomic E-state index is 5.01. The summed E-state index contributed by atoms with van der Waals surface area (Å²) in [6.45, 7) is 3.83. The Morgan fingerprint density at radius 2 is 1.62 bits per heavy atom. The van der Waals surface area contributed by atoms with Gasteiger partial charge in [0, 0.05) is 13.1 Å². The smallest absolute Gasteiger partial charge is 1.00 e. The summed E-state index contributed by atoms with van der Waals surface area (Å²) >= 11 is 0. The Bertz CT molecular complexity index is 31.5. The number of hydrogen-bond acceptors (Lipinski definition) is 2. The predicted molar refractivity (Wildman–Crippen MR) is 23.7 cm³/mol. The van der Waals surface area contributed by atoms with Crippen molar-refractivity contribution in [3.8, 4) is 0 Å². The first kappa shape index (κ1) is 11.5. The van der Waals surface area contributed by atoms with Gasteiger partial charge in [0.1, 0.15) is 0 Å². The van der Waals surface area contributed by atoms with Crippen LogP contribution >= 0.6 is 0 Å². The molecule has 0 aliphatic carbocycles. The number of rotatable bonds is 0. The van der Waals surface area contributed by atoms with Crippen LogP contribution in [0.25, 0.3) is 0 Å². The molecular formula is C4H9ClFeNO+2. The van der Waals surface area contributed by atoms with Crippen LogP contribution in [0.4, 0.5) is 0 Å². The molecule has 4 heteroatoms. The van der Waals surface area contributed by atoms with Gasteiger partial charge in [-0.05, 0) is 0 Å². The predicted octanol–water partition coefficient (Wildman–Crippen LogP) is -3.39. The second-order valence-corrected chi connectivity index (χ2v) is 1.36. The Labute approximate surface area is 66.2 Å². The van der Waals surface area contributed by atoms with E-state index in [1.54, 1.807) is 0 Å². The molecule has 1 rings (SSSR count).